The molecule has 1 aliphatic rings. The summed E-state index contributed by atoms with van der Waals surface area (Å²) in [7, 11) is 0. The molecule has 1 atom stereocenters. The highest BCUT2D eigenvalue weighted by Gasteiger charge is 2.44. The van der Waals surface area contributed by atoms with Crippen molar-refractivity contribution in [2.75, 3.05) is 19.6 Å². The van der Waals surface area contributed by atoms with Gasteiger partial charge in [-0.3, -0.25) is 4.90 Å². The highest BCUT2D eigenvalue weighted by Crippen LogP contribution is 2.36. The summed E-state index contributed by atoms with van der Waals surface area (Å²) in [5.41, 5.74) is 0.439. The van der Waals surface area contributed by atoms with Crippen LogP contribution in [0.4, 0.5) is 0 Å². The lowest BCUT2D eigenvalue weighted by molar-refractivity contribution is -0.00268. The van der Waals surface area contributed by atoms with Crippen LogP contribution in [0.1, 0.15) is 98.3 Å². The van der Waals surface area contributed by atoms with Crippen molar-refractivity contribution >= 4 is 12.4 Å². The van der Waals surface area contributed by atoms with E-state index in [-0.39, 0.29) is 18.6 Å². The molecule has 0 amide bonds. The summed E-state index contributed by atoms with van der Waals surface area (Å²) in [4.78, 5) is 2.90. The minimum atomic E-state index is 0. The third kappa shape index (κ3) is 7.59. The Hall–Kier alpha value is 0.170. The molecule has 0 bridgehead atoms. The Labute approximate surface area is 158 Å². The number of rotatable bonds is 12. The van der Waals surface area contributed by atoms with E-state index >= 15 is 0 Å². The van der Waals surface area contributed by atoms with Crippen molar-refractivity contribution in [2.45, 2.75) is 110 Å². The normalized spacial score (nSPS) is 20.2. The van der Waals surface area contributed by atoms with Gasteiger partial charge in [-0.2, -0.15) is 0 Å². The van der Waals surface area contributed by atoms with Gasteiger partial charge in [0.25, 0.3) is 0 Å². The summed E-state index contributed by atoms with van der Waals surface area (Å²) in [5.74, 6) is 0. The van der Waals surface area contributed by atoms with E-state index < -0.39 is 0 Å². The number of hydrogen-bond acceptors (Lipinski definition) is 3. The van der Waals surface area contributed by atoms with Crippen LogP contribution in [0.15, 0.2) is 0 Å². The van der Waals surface area contributed by atoms with E-state index in [4.69, 9.17) is 0 Å². The molecule has 3 nitrogen and oxygen atoms in total. The topological polar surface area (TPSA) is 50.3 Å². The van der Waals surface area contributed by atoms with E-state index in [1.54, 1.807) is 0 Å². The number of hydrogen-bond donors (Lipinski definition) is 2. The van der Waals surface area contributed by atoms with Crippen molar-refractivity contribution in [3.63, 3.8) is 0 Å². The van der Waals surface area contributed by atoms with Gasteiger partial charge in [-0.15, -0.1) is 12.4 Å². The number of unbranched alkanes of at least 4 members (excludes halogenated alkanes) is 4. The van der Waals surface area contributed by atoms with Gasteiger partial charge in [-0.1, -0.05) is 72.6 Å². The zero-order valence-electron chi connectivity index (χ0n) is 17.0. The van der Waals surface area contributed by atoms with Crippen LogP contribution < -0.4 is 11.5 Å². The first-order chi connectivity index (χ1) is 10.7. The first-order valence-electron chi connectivity index (χ1n) is 10.2. The second-order valence-corrected chi connectivity index (χ2v) is 7.30. The fourth-order valence-corrected chi connectivity index (χ4v) is 4.22. The average Bonchev–Trinajstić information content (AvgIpc) is 2.55. The van der Waals surface area contributed by atoms with Crippen molar-refractivity contribution in [1.29, 1.82) is 0 Å². The smallest absolute Gasteiger partial charge is 0.0363 e. The van der Waals surface area contributed by atoms with Crippen LogP contribution in [0.5, 0.6) is 0 Å². The SMILES string of the molecule is CCCCC1NCCN(CCCC)C1(CCCC)CCCC.Cl.N. The van der Waals surface area contributed by atoms with Crippen molar-refractivity contribution in [3.8, 4) is 0 Å². The van der Waals surface area contributed by atoms with Gasteiger partial charge in [-0.25, -0.2) is 0 Å². The largest absolute Gasteiger partial charge is 0.344 e. The van der Waals surface area contributed by atoms with E-state index in [0.29, 0.717) is 5.54 Å². The summed E-state index contributed by atoms with van der Waals surface area (Å²) in [6.45, 7) is 13.1. The van der Waals surface area contributed by atoms with Crippen LogP contribution in [-0.4, -0.2) is 36.1 Å². The van der Waals surface area contributed by atoms with Crippen molar-refractivity contribution < 1.29 is 0 Å². The van der Waals surface area contributed by atoms with E-state index in [9.17, 15) is 0 Å². The Balaban J connectivity index is 0. The van der Waals surface area contributed by atoms with E-state index in [1.165, 1.54) is 90.3 Å². The van der Waals surface area contributed by atoms with Crippen LogP contribution in [0.25, 0.3) is 0 Å². The van der Waals surface area contributed by atoms with E-state index in [0.717, 1.165) is 6.04 Å². The van der Waals surface area contributed by atoms with Gasteiger partial charge in [0.1, 0.15) is 0 Å². The molecule has 0 aromatic heterocycles. The van der Waals surface area contributed by atoms with Gasteiger partial charge in [0.15, 0.2) is 0 Å². The molecular formula is C20H46ClN3. The lowest BCUT2D eigenvalue weighted by atomic mass is 9.75. The van der Waals surface area contributed by atoms with Crippen LogP contribution >= 0.6 is 12.4 Å². The molecule has 1 saturated heterocycles. The van der Waals surface area contributed by atoms with Crippen LogP contribution in [-0.2, 0) is 0 Å². The Bertz CT molecular complexity index is 248. The Morgan fingerprint density at radius 1 is 0.875 bits per heavy atom. The maximum atomic E-state index is 3.93. The molecule has 4 heteroatoms. The Morgan fingerprint density at radius 3 is 1.92 bits per heavy atom. The number of halogens is 1. The van der Waals surface area contributed by atoms with Gasteiger partial charge < -0.3 is 11.5 Å². The zero-order chi connectivity index (χ0) is 16.3. The van der Waals surface area contributed by atoms with Crippen molar-refractivity contribution in [3.05, 3.63) is 0 Å². The monoisotopic (exact) mass is 363 g/mol. The second-order valence-electron chi connectivity index (χ2n) is 7.30. The molecule has 1 rings (SSSR count). The maximum absolute atomic E-state index is 3.93. The zero-order valence-corrected chi connectivity index (χ0v) is 17.9. The molecule has 0 radical (unpaired) electrons. The predicted molar refractivity (Wildman–Crippen MR) is 112 cm³/mol. The molecule has 24 heavy (non-hydrogen) atoms. The highest BCUT2D eigenvalue weighted by atomic mass is 35.5. The molecule has 1 fully saturated rings. The third-order valence-corrected chi connectivity index (χ3v) is 5.61. The second kappa shape index (κ2) is 15.4. The lowest BCUT2D eigenvalue weighted by Crippen LogP contribution is -2.67. The minimum Gasteiger partial charge on any atom is -0.344 e. The summed E-state index contributed by atoms with van der Waals surface area (Å²) in [6, 6.07) is 0.719. The molecule has 0 saturated carbocycles. The molecule has 1 aliphatic heterocycles. The Morgan fingerprint density at radius 2 is 1.42 bits per heavy atom. The fraction of sp³-hybridized carbons (Fsp3) is 1.00. The molecule has 0 aromatic rings. The lowest BCUT2D eigenvalue weighted by Gasteiger charge is -2.54. The highest BCUT2D eigenvalue weighted by molar-refractivity contribution is 5.85. The van der Waals surface area contributed by atoms with Crippen molar-refractivity contribution in [1.82, 2.24) is 16.4 Å². The molecule has 0 aromatic carbocycles. The molecule has 0 aliphatic carbocycles. The van der Waals surface area contributed by atoms with Crippen LogP contribution in [0, 0.1) is 0 Å². The summed E-state index contributed by atoms with van der Waals surface area (Å²) in [5, 5.41) is 3.93. The van der Waals surface area contributed by atoms with Gasteiger partial charge in [0.2, 0.25) is 0 Å². The van der Waals surface area contributed by atoms with Gasteiger partial charge in [-0.05, 0) is 32.2 Å². The number of piperazine rings is 1. The van der Waals surface area contributed by atoms with Crippen LogP contribution in [0.3, 0.4) is 0 Å². The first-order valence-corrected chi connectivity index (χ1v) is 10.2. The van der Waals surface area contributed by atoms with Gasteiger partial charge >= 0.3 is 0 Å². The average molecular weight is 364 g/mol. The molecule has 4 N–H and O–H groups in total. The molecule has 148 valence electrons. The number of nitrogens with zero attached hydrogens (tertiary/aromatic N) is 1. The molecular weight excluding hydrogens is 318 g/mol. The molecule has 0 spiro atoms. The van der Waals surface area contributed by atoms with Crippen LogP contribution in [0.2, 0.25) is 0 Å². The third-order valence-electron chi connectivity index (χ3n) is 5.61. The number of nitrogens with one attached hydrogen (secondary N) is 1. The quantitative estimate of drug-likeness (QED) is 0.450. The first kappa shape index (κ1) is 26.4. The van der Waals surface area contributed by atoms with Gasteiger partial charge in [0.05, 0.1) is 0 Å². The maximum Gasteiger partial charge on any atom is 0.0363 e. The minimum absolute atomic E-state index is 0. The summed E-state index contributed by atoms with van der Waals surface area (Å²) in [6.07, 6.45) is 15.0. The van der Waals surface area contributed by atoms with E-state index in [2.05, 4.69) is 37.9 Å². The van der Waals surface area contributed by atoms with Gasteiger partial charge in [0, 0.05) is 24.7 Å². The van der Waals surface area contributed by atoms with Crippen molar-refractivity contribution in [2.24, 2.45) is 0 Å². The predicted octanol–water partition coefficient (Wildman–Crippen LogP) is 5.95. The molecule has 1 heterocycles. The summed E-state index contributed by atoms with van der Waals surface area (Å²) < 4.78 is 0. The summed E-state index contributed by atoms with van der Waals surface area (Å²) >= 11 is 0. The van der Waals surface area contributed by atoms with E-state index in [1.807, 2.05) is 0 Å². The Kier molecular flexibility index (Phi) is 17.0. The standard InChI is InChI=1S/C20H42N2.ClH.H3N/c1-5-9-13-19-20(14-10-6-2,15-11-7-3)22(17-12-8-4)18-16-21-19;;/h19,21H,5-18H2,1-4H3;1H;1H3. The molecule has 1 unspecified atom stereocenters. The fourth-order valence-electron chi connectivity index (χ4n) is 4.22.